The lowest BCUT2D eigenvalue weighted by molar-refractivity contribution is -0.146. The molecule has 2 amide bonds. The average molecular weight is 369 g/mol. The van der Waals surface area contributed by atoms with E-state index in [9.17, 15) is 9.59 Å². The lowest BCUT2D eigenvalue weighted by Gasteiger charge is -2.55. The Morgan fingerprint density at radius 1 is 0.926 bits per heavy atom. The Morgan fingerprint density at radius 3 is 1.96 bits per heavy atom. The topological polar surface area (TPSA) is 58.2 Å². The Morgan fingerprint density at radius 2 is 1.44 bits per heavy atom. The molecule has 0 aromatic heterocycles. The van der Waals surface area contributed by atoms with Gasteiger partial charge in [-0.2, -0.15) is 0 Å². The summed E-state index contributed by atoms with van der Waals surface area (Å²) in [5.74, 6) is 2.94. The molecule has 0 saturated heterocycles. The fraction of sp³-hybridized carbons (Fsp3) is 0.652. The van der Waals surface area contributed by atoms with Gasteiger partial charge in [0.15, 0.2) is 0 Å². The lowest BCUT2D eigenvalue weighted by atomic mass is 9.49. The first-order chi connectivity index (χ1) is 12.9. The van der Waals surface area contributed by atoms with Crippen molar-refractivity contribution in [2.24, 2.45) is 23.2 Å². The van der Waals surface area contributed by atoms with Crippen LogP contribution in [0, 0.1) is 23.2 Å². The van der Waals surface area contributed by atoms with E-state index in [2.05, 4.69) is 24.5 Å². The van der Waals surface area contributed by atoms with Crippen molar-refractivity contribution in [3.05, 3.63) is 35.4 Å². The summed E-state index contributed by atoms with van der Waals surface area (Å²) in [6, 6.07) is 7.76. The van der Waals surface area contributed by atoms with E-state index in [0.29, 0.717) is 24.6 Å². The highest BCUT2D eigenvalue weighted by molar-refractivity contribution is 5.94. The Balaban J connectivity index is 1.24. The van der Waals surface area contributed by atoms with Gasteiger partial charge in [-0.05, 0) is 79.9 Å². The number of carbonyl (C=O) groups excluding carboxylic acids is 2. The van der Waals surface area contributed by atoms with Gasteiger partial charge in [-0.3, -0.25) is 9.59 Å². The van der Waals surface area contributed by atoms with E-state index < -0.39 is 0 Å². The number of hydrogen-bond donors (Lipinski definition) is 2. The maximum atomic E-state index is 12.9. The van der Waals surface area contributed by atoms with Crippen LogP contribution >= 0.6 is 0 Å². The third-order valence-corrected chi connectivity index (χ3v) is 7.06. The number of carbonyl (C=O) groups is 2. The molecule has 27 heavy (non-hydrogen) atoms. The third kappa shape index (κ3) is 3.76. The molecule has 0 unspecified atom stereocenters. The number of rotatable bonds is 6. The molecule has 0 heterocycles. The van der Waals surface area contributed by atoms with E-state index in [1.54, 1.807) is 0 Å². The molecule has 4 heteroatoms. The van der Waals surface area contributed by atoms with Crippen molar-refractivity contribution in [2.45, 2.75) is 58.3 Å². The molecule has 0 spiro atoms. The molecule has 1 aromatic carbocycles. The predicted octanol–water partition coefficient (Wildman–Crippen LogP) is 3.87. The van der Waals surface area contributed by atoms with Gasteiger partial charge in [0, 0.05) is 24.1 Å². The van der Waals surface area contributed by atoms with Gasteiger partial charge in [0.1, 0.15) is 0 Å². The van der Waals surface area contributed by atoms with Gasteiger partial charge < -0.3 is 10.6 Å². The second-order valence-corrected chi connectivity index (χ2v) is 9.49. The predicted molar refractivity (Wildman–Crippen MR) is 106 cm³/mol. The van der Waals surface area contributed by atoms with Crippen molar-refractivity contribution < 1.29 is 9.59 Å². The van der Waals surface area contributed by atoms with E-state index >= 15 is 0 Å². The smallest absolute Gasteiger partial charge is 0.251 e. The largest absolute Gasteiger partial charge is 0.354 e. The summed E-state index contributed by atoms with van der Waals surface area (Å²) in [5, 5.41) is 6.04. The molecule has 4 aliphatic rings. The average Bonchev–Trinajstić information content (AvgIpc) is 2.63. The minimum absolute atomic E-state index is 0.0747. The minimum Gasteiger partial charge on any atom is -0.354 e. The van der Waals surface area contributed by atoms with Gasteiger partial charge >= 0.3 is 0 Å². The second-order valence-electron chi connectivity index (χ2n) is 9.49. The zero-order valence-corrected chi connectivity index (χ0v) is 16.6. The minimum atomic E-state index is -0.106. The number of nitrogens with one attached hydrogen (secondary N) is 2. The van der Waals surface area contributed by atoms with Crippen molar-refractivity contribution in [3.8, 4) is 0 Å². The van der Waals surface area contributed by atoms with Gasteiger partial charge in [0.25, 0.3) is 5.91 Å². The van der Waals surface area contributed by atoms with Crippen molar-refractivity contribution in [1.82, 2.24) is 10.6 Å². The first-order valence-corrected chi connectivity index (χ1v) is 10.6. The van der Waals surface area contributed by atoms with Crippen molar-refractivity contribution in [1.29, 1.82) is 0 Å². The van der Waals surface area contributed by atoms with Crippen LogP contribution in [0.5, 0.6) is 0 Å². The van der Waals surface area contributed by atoms with Crippen LogP contribution < -0.4 is 10.6 Å². The van der Waals surface area contributed by atoms with E-state index in [1.807, 2.05) is 24.3 Å². The van der Waals surface area contributed by atoms with E-state index in [1.165, 1.54) is 24.8 Å². The molecule has 5 rings (SSSR count). The van der Waals surface area contributed by atoms with Crippen LogP contribution in [0.15, 0.2) is 24.3 Å². The summed E-state index contributed by atoms with van der Waals surface area (Å²) in [5.41, 5.74) is 1.80. The number of amides is 2. The molecule has 4 fully saturated rings. The normalized spacial score (nSPS) is 31.1. The summed E-state index contributed by atoms with van der Waals surface area (Å²) in [4.78, 5) is 25.2. The SMILES string of the molecule is CC(C)c1ccc(C(=O)NCCNC(=O)C23CC4CC(CC(C4)C2)C3)cc1. The van der Waals surface area contributed by atoms with Crippen LogP contribution in [0.2, 0.25) is 0 Å². The highest BCUT2D eigenvalue weighted by Crippen LogP contribution is 2.60. The van der Waals surface area contributed by atoms with Gasteiger partial charge in [-0.1, -0.05) is 26.0 Å². The number of hydrogen-bond acceptors (Lipinski definition) is 2. The molecule has 146 valence electrons. The van der Waals surface area contributed by atoms with E-state index in [0.717, 1.165) is 37.0 Å². The molecule has 4 aliphatic carbocycles. The lowest BCUT2D eigenvalue weighted by Crippen LogP contribution is -2.54. The van der Waals surface area contributed by atoms with Gasteiger partial charge in [-0.25, -0.2) is 0 Å². The fourth-order valence-electron chi connectivity index (χ4n) is 6.05. The maximum absolute atomic E-state index is 12.9. The monoisotopic (exact) mass is 368 g/mol. The van der Waals surface area contributed by atoms with Gasteiger partial charge in [-0.15, -0.1) is 0 Å². The molecule has 0 atom stereocenters. The first-order valence-electron chi connectivity index (χ1n) is 10.6. The van der Waals surface area contributed by atoms with E-state index in [-0.39, 0.29) is 17.2 Å². The van der Waals surface area contributed by atoms with Crippen LogP contribution in [-0.2, 0) is 4.79 Å². The Bertz CT molecular complexity index is 672. The molecular formula is C23H32N2O2. The molecule has 4 nitrogen and oxygen atoms in total. The van der Waals surface area contributed by atoms with Crippen LogP contribution in [0.4, 0.5) is 0 Å². The van der Waals surface area contributed by atoms with Crippen molar-refractivity contribution in [3.63, 3.8) is 0 Å². The molecule has 2 N–H and O–H groups in total. The fourth-order valence-corrected chi connectivity index (χ4v) is 6.05. The van der Waals surface area contributed by atoms with Crippen LogP contribution in [-0.4, -0.2) is 24.9 Å². The van der Waals surface area contributed by atoms with Crippen molar-refractivity contribution in [2.75, 3.05) is 13.1 Å². The Hall–Kier alpha value is -1.84. The highest BCUT2D eigenvalue weighted by atomic mass is 16.2. The Labute approximate surface area is 162 Å². The van der Waals surface area contributed by atoms with Crippen LogP contribution in [0.3, 0.4) is 0 Å². The summed E-state index contributed by atoms with van der Waals surface area (Å²) in [6.07, 6.45) is 7.28. The summed E-state index contributed by atoms with van der Waals surface area (Å²) >= 11 is 0. The van der Waals surface area contributed by atoms with Gasteiger partial charge in [0.05, 0.1) is 0 Å². The van der Waals surface area contributed by atoms with E-state index in [4.69, 9.17) is 0 Å². The molecule has 1 aromatic rings. The number of benzene rings is 1. The first kappa shape index (κ1) is 18.5. The zero-order chi connectivity index (χ0) is 19.0. The molecular weight excluding hydrogens is 336 g/mol. The standard InChI is InChI=1S/C23H32N2O2/c1-15(2)19-3-5-20(6-4-19)21(26)24-7-8-25-22(27)23-12-16-9-17(13-23)11-18(10-16)14-23/h3-6,15-18H,7-14H2,1-2H3,(H,24,26)(H,25,27). The van der Waals surface area contributed by atoms with Gasteiger partial charge in [0.2, 0.25) is 5.91 Å². The van der Waals surface area contributed by atoms with Crippen molar-refractivity contribution >= 4 is 11.8 Å². The molecule has 4 bridgehead atoms. The Kier molecular flexibility index (Phi) is 5.00. The van der Waals surface area contributed by atoms with Crippen LogP contribution in [0.1, 0.15) is 74.2 Å². The third-order valence-electron chi connectivity index (χ3n) is 7.06. The highest BCUT2D eigenvalue weighted by Gasteiger charge is 2.54. The summed E-state index contributed by atoms with van der Waals surface area (Å²) < 4.78 is 0. The summed E-state index contributed by atoms with van der Waals surface area (Å²) in [7, 11) is 0. The zero-order valence-electron chi connectivity index (χ0n) is 16.6. The molecule has 0 aliphatic heterocycles. The quantitative estimate of drug-likeness (QED) is 0.749. The molecule has 4 saturated carbocycles. The maximum Gasteiger partial charge on any atom is 0.251 e. The second kappa shape index (κ2) is 7.29. The summed E-state index contributed by atoms with van der Waals surface area (Å²) in [6.45, 7) is 5.27. The molecule has 0 radical (unpaired) electrons. The van der Waals surface area contributed by atoms with Crippen LogP contribution in [0.25, 0.3) is 0 Å².